The second kappa shape index (κ2) is 9.47. The molecular formula is C20H27ClN6O3S. The van der Waals surface area contributed by atoms with Crippen LogP contribution >= 0.6 is 11.6 Å². The van der Waals surface area contributed by atoms with Crippen molar-refractivity contribution < 1.29 is 13.2 Å². The highest BCUT2D eigenvalue weighted by Crippen LogP contribution is 2.26. The van der Waals surface area contributed by atoms with Crippen LogP contribution in [0.1, 0.15) is 11.4 Å². The Balaban J connectivity index is 1.59. The number of nitrogens with one attached hydrogen (secondary N) is 1. The molecule has 2 heterocycles. The van der Waals surface area contributed by atoms with E-state index < -0.39 is 10.0 Å². The lowest BCUT2D eigenvalue weighted by atomic mass is 10.3. The van der Waals surface area contributed by atoms with Crippen molar-refractivity contribution in [2.45, 2.75) is 18.7 Å². The van der Waals surface area contributed by atoms with E-state index >= 15 is 0 Å². The molecule has 11 heteroatoms. The summed E-state index contributed by atoms with van der Waals surface area (Å²) in [6, 6.07) is 6.38. The van der Waals surface area contributed by atoms with E-state index in [1.807, 2.05) is 24.8 Å². The molecule has 9 nitrogen and oxygen atoms in total. The number of carbonyl (C=O) groups is 1. The van der Waals surface area contributed by atoms with Gasteiger partial charge in [-0.05, 0) is 38.1 Å². The number of halogens is 1. The molecule has 0 radical (unpaired) electrons. The minimum atomic E-state index is -3.71. The van der Waals surface area contributed by atoms with Crippen molar-refractivity contribution in [1.82, 2.24) is 19.2 Å². The second-order valence-corrected chi connectivity index (χ2v) is 10.2. The zero-order valence-electron chi connectivity index (χ0n) is 18.1. The second-order valence-electron chi connectivity index (χ2n) is 7.69. The van der Waals surface area contributed by atoms with Crippen LogP contribution in [0, 0.1) is 13.8 Å². The van der Waals surface area contributed by atoms with Crippen molar-refractivity contribution in [2.24, 2.45) is 0 Å². The van der Waals surface area contributed by atoms with Crippen molar-refractivity contribution in [3.63, 3.8) is 0 Å². The van der Waals surface area contributed by atoms with Gasteiger partial charge in [0.25, 0.3) is 0 Å². The van der Waals surface area contributed by atoms with Gasteiger partial charge >= 0.3 is 0 Å². The number of sulfonamides is 1. The Morgan fingerprint density at radius 2 is 1.71 bits per heavy atom. The summed E-state index contributed by atoms with van der Waals surface area (Å²) >= 11 is 6.06. The maximum atomic E-state index is 12.5. The van der Waals surface area contributed by atoms with Gasteiger partial charge in [-0.15, -0.1) is 0 Å². The van der Waals surface area contributed by atoms with E-state index in [4.69, 9.17) is 11.6 Å². The molecule has 0 saturated carbocycles. The summed E-state index contributed by atoms with van der Waals surface area (Å²) in [6.07, 6.45) is 0. The third-order valence-corrected chi connectivity index (χ3v) is 7.26. The van der Waals surface area contributed by atoms with Gasteiger partial charge in [0.15, 0.2) is 0 Å². The number of anilines is 2. The summed E-state index contributed by atoms with van der Waals surface area (Å²) in [7, 11) is -0.849. The Morgan fingerprint density at radius 1 is 1.10 bits per heavy atom. The first kappa shape index (κ1) is 23.4. The van der Waals surface area contributed by atoms with E-state index in [0.717, 1.165) is 34.7 Å². The lowest BCUT2D eigenvalue weighted by Gasteiger charge is -2.34. The summed E-state index contributed by atoms with van der Waals surface area (Å²) in [5.74, 6) is 0.504. The monoisotopic (exact) mass is 466 g/mol. The van der Waals surface area contributed by atoms with Crippen LogP contribution < -0.4 is 10.2 Å². The van der Waals surface area contributed by atoms with E-state index in [2.05, 4.69) is 20.2 Å². The maximum absolute atomic E-state index is 12.5. The van der Waals surface area contributed by atoms with E-state index in [-0.39, 0.29) is 22.4 Å². The standard InChI is InChI=1S/C20H27ClN6O3S/c1-14-11-15(2)23-20(22-14)27-9-7-26(8-10-27)13-19(28)24-16-5-6-17(21)18(12-16)31(29,30)25(3)4/h5-6,11-12H,7-10,13H2,1-4H3,(H,24,28). The highest BCUT2D eigenvalue weighted by Gasteiger charge is 2.23. The van der Waals surface area contributed by atoms with Crippen LogP contribution in [-0.2, 0) is 14.8 Å². The number of benzene rings is 1. The third kappa shape index (κ3) is 5.70. The van der Waals surface area contributed by atoms with Gasteiger partial charge in [-0.25, -0.2) is 22.7 Å². The molecule has 168 valence electrons. The van der Waals surface area contributed by atoms with E-state index in [9.17, 15) is 13.2 Å². The fourth-order valence-corrected chi connectivity index (χ4v) is 4.73. The first-order valence-electron chi connectivity index (χ1n) is 9.88. The molecule has 0 bridgehead atoms. The molecule has 31 heavy (non-hydrogen) atoms. The number of hydrogen-bond acceptors (Lipinski definition) is 7. The number of aromatic nitrogens is 2. The van der Waals surface area contributed by atoms with Gasteiger partial charge in [0.2, 0.25) is 21.9 Å². The Bertz CT molecular complexity index is 1050. The molecule has 1 aromatic heterocycles. The van der Waals surface area contributed by atoms with Crippen molar-refractivity contribution in [1.29, 1.82) is 0 Å². The van der Waals surface area contributed by atoms with Crippen molar-refractivity contribution in [2.75, 3.05) is 57.0 Å². The molecular weight excluding hydrogens is 440 g/mol. The maximum Gasteiger partial charge on any atom is 0.244 e. The van der Waals surface area contributed by atoms with Crippen LogP contribution in [0.4, 0.5) is 11.6 Å². The molecule has 1 fully saturated rings. The van der Waals surface area contributed by atoms with Gasteiger partial charge in [-0.1, -0.05) is 11.6 Å². The topological polar surface area (TPSA) is 98.7 Å². The number of nitrogens with zero attached hydrogens (tertiary/aromatic N) is 5. The molecule has 2 aromatic rings. The number of amides is 1. The number of carbonyl (C=O) groups excluding carboxylic acids is 1. The lowest BCUT2D eigenvalue weighted by Crippen LogP contribution is -2.49. The molecule has 0 unspecified atom stereocenters. The number of piperazine rings is 1. The first-order chi connectivity index (χ1) is 14.6. The highest BCUT2D eigenvalue weighted by atomic mass is 35.5. The van der Waals surface area contributed by atoms with Crippen LogP contribution in [0.25, 0.3) is 0 Å². The summed E-state index contributed by atoms with van der Waals surface area (Å²) in [5.41, 5.74) is 2.25. The molecule has 0 aliphatic carbocycles. The fourth-order valence-electron chi connectivity index (χ4n) is 3.33. The minimum absolute atomic E-state index is 0.0426. The van der Waals surface area contributed by atoms with Gasteiger partial charge in [0, 0.05) is 57.3 Å². The van der Waals surface area contributed by atoms with Gasteiger partial charge < -0.3 is 10.2 Å². The summed E-state index contributed by atoms with van der Waals surface area (Å²) in [5, 5.41) is 2.87. The van der Waals surface area contributed by atoms with Gasteiger partial charge in [-0.3, -0.25) is 9.69 Å². The quantitative estimate of drug-likeness (QED) is 0.692. The predicted molar refractivity (Wildman–Crippen MR) is 121 cm³/mol. The molecule has 1 amide bonds. The molecule has 1 aliphatic heterocycles. The normalized spacial score (nSPS) is 15.4. The SMILES string of the molecule is Cc1cc(C)nc(N2CCN(CC(=O)Nc3ccc(Cl)c(S(=O)(=O)N(C)C)c3)CC2)n1. The summed E-state index contributed by atoms with van der Waals surface area (Å²) in [4.78, 5) is 25.6. The molecule has 1 aromatic carbocycles. The predicted octanol–water partition coefficient (Wildman–Crippen LogP) is 1.76. The van der Waals surface area contributed by atoms with Crippen LogP contribution in [0.5, 0.6) is 0 Å². The first-order valence-corrected chi connectivity index (χ1v) is 11.7. The number of rotatable bonds is 6. The largest absolute Gasteiger partial charge is 0.338 e. The zero-order valence-corrected chi connectivity index (χ0v) is 19.7. The van der Waals surface area contributed by atoms with Crippen molar-refractivity contribution in [3.05, 3.63) is 40.7 Å². The molecule has 1 N–H and O–H groups in total. The molecule has 1 saturated heterocycles. The van der Waals surface area contributed by atoms with Gasteiger partial charge in [0.05, 0.1) is 11.6 Å². The lowest BCUT2D eigenvalue weighted by molar-refractivity contribution is -0.117. The Labute approximate surface area is 188 Å². The zero-order chi connectivity index (χ0) is 22.8. The number of hydrogen-bond donors (Lipinski definition) is 1. The average molecular weight is 467 g/mol. The molecule has 0 spiro atoms. The van der Waals surface area contributed by atoms with E-state index in [1.54, 1.807) is 6.07 Å². The summed E-state index contributed by atoms with van der Waals surface area (Å²) in [6.45, 7) is 6.95. The molecule has 1 aliphatic rings. The van der Waals surface area contributed by atoms with Gasteiger partial charge in [-0.2, -0.15) is 0 Å². The van der Waals surface area contributed by atoms with Crippen LogP contribution in [0.15, 0.2) is 29.2 Å². The Hall–Kier alpha value is -2.27. The van der Waals surface area contributed by atoms with Crippen molar-refractivity contribution in [3.8, 4) is 0 Å². The molecule has 0 atom stereocenters. The molecule has 3 rings (SSSR count). The Kier molecular flexibility index (Phi) is 7.15. The van der Waals surface area contributed by atoms with E-state index in [1.165, 1.54) is 26.2 Å². The third-order valence-electron chi connectivity index (χ3n) is 4.97. The smallest absolute Gasteiger partial charge is 0.244 e. The van der Waals surface area contributed by atoms with Gasteiger partial charge in [0.1, 0.15) is 4.90 Å². The van der Waals surface area contributed by atoms with Crippen molar-refractivity contribution >= 4 is 39.2 Å². The Morgan fingerprint density at radius 3 is 2.29 bits per heavy atom. The minimum Gasteiger partial charge on any atom is -0.338 e. The highest BCUT2D eigenvalue weighted by molar-refractivity contribution is 7.89. The number of aryl methyl sites for hydroxylation is 2. The van der Waals surface area contributed by atoms with E-state index in [0.29, 0.717) is 18.8 Å². The average Bonchev–Trinajstić information content (AvgIpc) is 2.69. The van der Waals surface area contributed by atoms with Crippen LogP contribution in [-0.4, -0.2) is 80.3 Å². The van der Waals surface area contributed by atoms with Crippen LogP contribution in [0.2, 0.25) is 5.02 Å². The van der Waals surface area contributed by atoms with Crippen LogP contribution in [0.3, 0.4) is 0 Å². The fraction of sp³-hybridized carbons (Fsp3) is 0.450. The summed E-state index contributed by atoms with van der Waals surface area (Å²) < 4.78 is 25.9.